The van der Waals surface area contributed by atoms with Gasteiger partial charge >= 0.3 is 5.97 Å². The maximum Gasteiger partial charge on any atom is 0.305 e. The van der Waals surface area contributed by atoms with Gasteiger partial charge in [0.05, 0.1) is 23.8 Å². The standard InChI is InChI=1S/C14H21N3O4/c1-10-12(9-16(2)15-10)14(20)17(6-5-13(18)19)8-11-4-3-7-21-11/h9,11H,3-8H2,1-2H3,(H,18,19). The van der Waals surface area contributed by atoms with Crippen molar-refractivity contribution in [3.63, 3.8) is 0 Å². The molecule has 1 saturated heterocycles. The highest BCUT2D eigenvalue weighted by molar-refractivity contribution is 5.95. The lowest BCUT2D eigenvalue weighted by Gasteiger charge is -2.24. The number of hydrogen-bond acceptors (Lipinski definition) is 4. The van der Waals surface area contributed by atoms with Gasteiger partial charge in [0.15, 0.2) is 0 Å². The van der Waals surface area contributed by atoms with Gasteiger partial charge in [-0.1, -0.05) is 0 Å². The van der Waals surface area contributed by atoms with E-state index in [-0.39, 0.29) is 25.0 Å². The van der Waals surface area contributed by atoms with Crippen LogP contribution in [-0.2, 0) is 16.6 Å². The lowest BCUT2D eigenvalue weighted by Crippen LogP contribution is -2.39. The van der Waals surface area contributed by atoms with Crippen LogP contribution in [0.25, 0.3) is 0 Å². The summed E-state index contributed by atoms with van der Waals surface area (Å²) in [7, 11) is 1.76. The molecule has 1 aliphatic rings. The van der Waals surface area contributed by atoms with Gasteiger partial charge in [-0.15, -0.1) is 0 Å². The minimum absolute atomic E-state index is 0.000257. The Morgan fingerprint density at radius 3 is 2.86 bits per heavy atom. The Kier molecular flexibility index (Phi) is 4.95. The van der Waals surface area contributed by atoms with Crippen LogP contribution in [0.3, 0.4) is 0 Å². The van der Waals surface area contributed by atoms with Gasteiger partial charge in [-0.05, 0) is 19.8 Å². The minimum Gasteiger partial charge on any atom is -0.481 e. The van der Waals surface area contributed by atoms with Crippen molar-refractivity contribution < 1.29 is 19.4 Å². The molecule has 0 aromatic carbocycles. The van der Waals surface area contributed by atoms with Crippen LogP contribution in [0.4, 0.5) is 0 Å². The molecule has 1 aromatic rings. The van der Waals surface area contributed by atoms with E-state index in [4.69, 9.17) is 9.84 Å². The summed E-state index contributed by atoms with van der Waals surface area (Å²) in [6.45, 7) is 3.09. The van der Waals surface area contributed by atoms with E-state index in [1.54, 1.807) is 29.7 Å². The molecular weight excluding hydrogens is 274 g/mol. The number of rotatable bonds is 6. The number of aryl methyl sites for hydroxylation is 2. The number of nitrogens with zero attached hydrogens (tertiary/aromatic N) is 3. The van der Waals surface area contributed by atoms with Crippen LogP contribution < -0.4 is 0 Å². The van der Waals surface area contributed by atoms with Crippen molar-refractivity contribution in [2.75, 3.05) is 19.7 Å². The van der Waals surface area contributed by atoms with Gasteiger partial charge in [0.1, 0.15) is 0 Å². The number of aliphatic carboxylic acids is 1. The van der Waals surface area contributed by atoms with E-state index in [9.17, 15) is 9.59 Å². The SMILES string of the molecule is Cc1nn(C)cc1C(=O)N(CCC(=O)O)CC1CCCO1. The van der Waals surface area contributed by atoms with Crippen molar-refractivity contribution in [3.05, 3.63) is 17.5 Å². The Morgan fingerprint density at radius 1 is 1.57 bits per heavy atom. The molecule has 1 amide bonds. The summed E-state index contributed by atoms with van der Waals surface area (Å²) in [6.07, 6.45) is 3.48. The normalized spacial score (nSPS) is 17.9. The van der Waals surface area contributed by atoms with Crippen LogP contribution in [0, 0.1) is 6.92 Å². The van der Waals surface area contributed by atoms with Crippen molar-refractivity contribution in [2.45, 2.75) is 32.3 Å². The van der Waals surface area contributed by atoms with Crippen LogP contribution in [0.15, 0.2) is 6.20 Å². The Hall–Kier alpha value is -1.89. The fraction of sp³-hybridized carbons (Fsp3) is 0.643. The van der Waals surface area contributed by atoms with Gasteiger partial charge < -0.3 is 14.7 Å². The average Bonchev–Trinajstić information content (AvgIpc) is 3.03. The van der Waals surface area contributed by atoms with E-state index in [0.29, 0.717) is 24.4 Å². The summed E-state index contributed by atoms with van der Waals surface area (Å²) < 4.78 is 7.14. The Morgan fingerprint density at radius 2 is 2.33 bits per heavy atom. The second-order valence-electron chi connectivity index (χ2n) is 5.33. The lowest BCUT2D eigenvalue weighted by molar-refractivity contribution is -0.137. The van der Waals surface area contributed by atoms with Gasteiger partial charge in [0, 0.05) is 32.9 Å². The van der Waals surface area contributed by atoms with Crippen molar-refractivity contribution in [3.8, 4) is 0 Å². The first-order valence-corrected chi connectivity index (χ1v) is 7.10. The zero-order valence-corrected chi connectivity index (χ0v) is 12.4. The molecule has 1 N–H and O–H groups in total. The number of carboxylic acid groups (broad SMARTS) is 1. The Balaban J connectivity index is 2.10. The van der Waals surface area contributed by atoms with E-state index in [0.717, 1.165) is 12.8 Å². The zero-order valence-electron chi connectivity index (χ0n) is 12.4. The van der Waals surface area contributed by atoms with E-state index in [1.165, 1.54) is 0 Å². The molecule has 2 heterocycles. The molecule has 0 bridgehead atoms. The van der Waals surface area contributed by atoms with Crippen molar-refractivity contribution in [2.24, 2.45) is 7.05 Å². The molecule has 21 heavy (non-hydrogen) atoms. The maximum atomic E-state index is 12.6. The third-order valence-corrected chi connectivity index (χ3v) is 3.57. The molecule has 0 spiro atoms. The van der Waals surface area contributed by atoms with Gasteiger partial charge in [0.2, 0.25) is 0 Å². The molecule has 7 heteroatoms. The number of amides is 1. The lowest BCUT2D eigenvalue weighted by atomic mass is 10.2. The molecule has 1 aromatic heterocycles. The molecule has 1 aliphatic heterocycles. The van der Waals surface area contributed by atoms with E-state index < -0.39 is 5.97 Å². The number of aromatic nitrogens is 2. The second kappa shape index (κ2) is 6.71. The van der Waals surface area contributed by atoms with Gasteiger partial charge in [0.25, 0.3) is 5.91 Å². The van der Waals surface area contributed by atoms with Crippen molar-refractivity contribution >= 4 is 11.9 Å². The average molecular weight is 295 g/mol. The summed E-state index contributed by atoms with van der Waals surface area (Å²) in [5, 5.41) is 13.0. The third kappa shape index (κ3) is 4.04. The second-order valence-corrected chi connectivity index (χ2v) is 5.33. The first kappa shape index (κ1) is 15.5. The van der Waals surface area contributed by atoms with Gasteiger partial charge in [-0.3, -0.25) is 14.3 Å². The summed E-state index contributed by atoms with van der Waals surface area (Å²) in [5.74, 6) is -1.10. The quantitative estimate of drug-likeness (QED) is 0.840. The molecule has 1 atom stereocenters. The van der Waals surface area contributed by atoms with Gasteiger partial charge in [-0.25, -0.2) is 0 Å². The predicted molar refractivity (Wildman–Crippen MR) is 75.1 cm³/mol. The predicted octanol–water partition coefficient (Wildman–Crippen LogP) is 0.824. The molecule has 0 saturated carbocycles. The van der Waals surface area contributed by atoms with E-state index >= 15 is 0 Å². The first-order chi connectivity index (χ1) is 9.97. The molecule has 0 aliphatic carbocycles. The van der Waals surface area contributed by atoms with Crippen LogP contribution >= 0.6 is 0 Å². The highest BCUT2D eigenvalue weighted by Crippen LogP contribution is 2.16. The van der Waals surface area contributed by atoms with Crippen LogP contribution in [0.1, 0.15) is 35.3 Å². The number of carbonyl (C=O) groups is 2. The summed E-state index contributed by atoms with van der Waals surface area (Å²) in [6, 6.07) is 0. The molecule has 1 unspecified atom stereocenters. The third-order valence-electron chi connectivity index (χ3n) is 3.57. The van der Waals surface area contributed by atoms with E-state index in [2.05, 4.69) is 5.10 Å². The minimum atomic E-state index is -0.914. The fourth-order valence-corrected chi connectivity index (χ4v) is 2.52. The molecule has 0 radical (unpaired) electrons. The molecule has 1 fully saturated rings. The Bertz CT molecular complexity index is 520. The summed E-state index contributed by atoms with van der Waals surface area (Å²) in [4.78, 5) is 25.0. The molecule has 2 rings (SSSR count). The van der Waals surface area contributed by atoms with Crippen LogP contribution in [-0.4, -0.2) is 57.5 Å². The van der Waals surface area contributed by atoms with Crippen LogP contribution in [0.5, 0.6) is 0 Å². The largest absolute Gasteiger partial charge is 0.481 e. The fourth-order valence-electron chi connectivity index (χ4n) is 2.52. The smallest absolute Gasteiger partial charge is 0.305 e. The van der Waals surface area contributed by atoms with Crippen LogP contribution in [0.2, 0.25) is 0 Å². The van der Waals surface area contributed by atoms with Crippen molar-refractivity contribution in [1.82, 2.24) is 14.7 Å². The molecular formula is C14H21N3O4. The van der Waals surface area contributed by atoms with E-state index in [1.807, 2.05) is 0 Å². The number of hydrogen-bond donors (Lipinski definition) is 1. The first-order valence-electron chi connectivity index (χ1n) is 7.10. The molecule has 116 valence electrons. The summed E-state index contributed by atoms with van der Waals surface area (Å²) >= 11 is 0. The Labute approximate surface area is 123 Å². The zero-order chi connectivity index (χ0) is 15.4. The number of ether oxygens (including phenoxy) is 1. The molecule has 7 nitrogen and oxygen atoms in total. The highest BCUT2D eigenvalue weighted by Gasteiger charge is 2.25. The number of carbonyl (C=O) groups excluding carboxylic acids is 1. The van der Waals surface area contributed by atoms with Crippen molar-refractivity contribution in [1.29, 1.82) is 0 Å². The van der Waals surface area contributed by atoms with Gasteiger partial charge in [-0.2, -0.15) is 5.10 Å². The monoisotopic (exact) mass is 295 g/mol. The topological polar surface area (TPSA) is 84.7 Å². The summed E-state index contributed by atoms with van der Waals surface area (Å²) in [5.41, 5.74) is 1.16. The number of carboxylic acids is 1. The maximum absolute atomic E-state index is 12.6. The highest BCUT2D eigenvalue weighted by atomic mass is 16.5.